The number of hydrogen-bond acceptors (Lipinski definition) is 6. The van der Waals surface area contributed by atoms with Crippen LogP contribution in [0.15, 0.2) is 72.0 Å². The summed E-state index contributed by atoms with van der Waals surface area (Å²) in [7, 11) is 0. The van der Waals surface area contributed by atoms with Gasteiger partial charge in [-0.05, 0) is 56.7 Å². The number of aromatic nitrogens is 6. The zero-order chi connectivity index (χ0) is 23.5. The molecule has 5 rings (SSSR count). The van der Waals surface area contributed by atoms with Crippen LogP contribution in [0.3, 0.4) is 0 Å². The Labute approximate surface area is 202 Å². The molecule has 0 saturated heterocycles. The van der Waals surface area contributed by atoms with Crippen LogP contribution in [0.2, 0.25) is 0 Å². The molecular weight excluding hydrogens is 444 g/mol. The average molecular weight is 471 g/mol. The average Bonchev–Trinajstić information content (AvgIpc) is 3.43. The molecule has 3 heterocycles. The summed E-state index contributed by atoms with van der Waals surface area (Å²) >= 11 is 1.62. The molecule has 0 fully saturated rings. The maximum atomic E-state index is 5.62. The standard InChI is InChI=1S/C26H26N6OS/c1-4-33-23-12-10-22(11-13-23)32-24(15-20-8-6-5-7-9-20)29-30-26(32)34-17-21-16-31-19(3)14-18(2)27-25(31)28-21/h5-14,16H,4,15,17H2,1-3H3. The lowest BCUT2D eigenvalue weighted by Crippen LogP contribution is -2.04. The van der Waals surface area contributed by atoms with Gasteiger partial charge in [-0.25, -0.2) is 9.97 Å². The van der Waals surface area contributed by atoms with Crippen molar-refractivity contribution in [3.05, 3.63) is 95.3 Å². The van der Waals surface area contributed by atoms with E-state index in [1.54, 1.807) is 11.8 Å². The van der Waals surface area contributed by atoms with Gasteiger partial charge in [0.05, 0.1) is 12.3 Å². The first-order chi connectivity index (χ1) is 16.6. The van der Waals surface area contributed by atoms with Crippen molar-refractivity contribution in [2.45, 2.75) is 38.1 Å². The molecule has 0 amide bonds. The van der Waals surface area contributed by atoms with Crippen LogP contribution >= 0.6 is 11.8 Å². The van der Waals surface area contributed by atoms with Gasteiger partial charge < -0.3 is 4.74 Å². The Bertz CT molecular complexity index is 1410. The number of rotatable bonds is 8. The Morgan fingerprint density at radius 3 is 2.50 bits per heavy atom. The van der Waals surface area contributed by atoms with E-state index in [-0.39, 0.29) is 0 Å². The van der Waals surface area contributed by atoms with Crippen molar-refractivity contribution in [2.24, 2.45) is 0 Å². The SMILES string of the molecule is CCOc1ccc(-n2c(Cc3ccccc3)nnc2SCc2cn3c(C)cc(C)nc3n2)cc1. The van der Waals surface area contributed by atoms with E-state index in [4.69, 9.17) is 9.72 Å². The number of thioether (sulfide) groups is 1. The third-order valence-corrected chi connectivity index (χ3v) is 6.43. The van der Waals surface area contributed by atoms with E-state index < -0.39 is 0 Å². The number of ether oxygens (including phenoxy) is 1. The first-order valence-electron chi connectivity index (χ1n) is 11.3. The van der Waals surface area contributed by atoms with Crippen LogP contribution in [0.1, 0.15) is 35.4 Å². The summed E-state index contributed by atoms with van der Waals surface area (Å²) in [5, 5.41) is 9.92. The third-order valence-electron chi connectivity index (χ3n) is 5.47. The highest BCUT2D eigenvalue weighted by Crippen LogP contribution is 2.27. The highest BCUT2D eigenvalue weighted by atomic mass is 32.2. The fourth-order valence-corrected chi connectivity index (χ4v) is 4.78. The summed E-state index contributed by atoms with van der Waals surface area (Å²) < 4.78 is 9.77. The van der Waals surface area contributed by atoms with Gasteiger partial charge in [-0.15, -0.1) is 10.2 Å². The normalized spacial score (nSPS) is 11.3. The molecule has 7 nitrogen and oxygen atoms in total. The van der Waals surface area contributed by atoms with Gasteiger partial charge in [-0.3, -0.25) is 8.97 Å². The molecular formula is C26H26N6OS. The molecule has 8 heteroatoms. The fraction of sp³-hybridized carbons (Fsp3) is 0.231. The molecule has 5 aromatic rings. The van der Waals surface area contributed by atoms with E-state index in [9.17, 15) is 0 Å². The summed E-state index contributed by atoms with van der Waals surface area (Å²) in [6.07, 6.45) is 2.74. The van der Waals surface area contributed by atoms with Crippen molar-refractivity contribution in [3.63, 3.8) is 0 Å². The molecule has 0 bridgehead atoms. The van der Waals surface area contributed by atoms with Crippen molar-refractivity contribution < 1.29 is 4.74 Å². The minimum Gasteiger partial charge on any atom is -0.494 e. The lowest BCUT2D eigenvalue weighted by molar-refractivity contribution is 0.340. The predicted molar refractivity (Wildman–Crippen MR) is 134 cm³/mol. The zero-order valence-corrected chi connectivity index (χ0v) is 20.3. The third kappa shape index (κ3) is 4.68. The van der Waals surface area contributed by atoms with Crippen molar-refractivity contribution >= 4 is 17.5 Å². The Balaban J connectivity index is 1.46. The summed E-state index contributed by atoms with van der Waals surface area (Å²) in [6.45, 7) is 6.68. The van der Waals surface area contributed by atoms with Crippen molar-refractivity contribution in [3.8, 4) is 11.4 Å². The lowest BCUT2D eigenvalue weighted by atomic mass is 10.1. The van der Waals surface area contributed by atoms with E-state index in [1.165, 1.54) is 5.56 Å². The number of benzene rings is 2. The first-order valence-corrected chi connectivity index (χ1v) is 12.3. The highest BCUT2D eigenvalue weighted by Gasteiger charge is 2.16. The summed E-state index contributed by atoms with van der Waals surface area (Å²) in [5.74, 6) is 3.13. The molecule has 0 saturated carbocycles. The highest BCUT2D eigenvalue weighted by molar-refractivity contribution is 7.98. The minimum atomic E-state index is 0.638. The first kappa shape index (κ1) is 22.2. The van der Waals surface area contributed by atoms with E-state index in [0.717, 1.165) is 45.3 Å². The van der Waals surface area contributed by atoms with Crippen LogP contribution in [0.5, 0.6) is 5.75 Å². The van der Waals surface area contributed by atoms with E-state index in [0.29, 0.717) is 18.8 Å². The molecule has 34 heavy (non-hydrogen) atoms. The Kier molecular flexibility index (Phi) is 6.31. The topological polar surface area (TPSA) is 70.1 Å². The van der Waals surface area contributed by atoms with E-state index >= 15 is 0 Å². The molecule has 3 aromatic heterocycles. The molecule has 0 radical (unpaired) electrons. The van der Waals surface area contributed by atoms with Crippen molar-refractivity contribution in [2.75, 3.05) is 6.61 Å². The number of hydrogen-bond donors (Lipinski definition) is 0. The van der Waals surface area contributed by atoms with Crippen LogP contribution in [0.25, 0.3) is 11.5 Å². The van der Waals surface area contributed by atoms with Crippen molar-refractivity contribution in [1.82, 2.24) is 29.1 Å². The van der Waals surface area contributed by atoms with Gasteiger partial charge >= 0.3 is 0 Å². The Morgan fingerprint density at radius 2 is 1.74 bits per heavy atom. The van der Waals surface area contributed by atoms with Gasteiger partial charge in [-0.1, -0.05) is 42.1 Å². The largest absolute Gasteiger partial charge is 0.494 e. The van der Waals surface area contributed by atoms with Crippen LogP contribution in [-0.4, -0.2) is 35.7 Å². The maximum Gasteiger partial charge on any atom is 0.234 e. The van der Waals surface area contributed by atoms with Crippen LogP contribution in [0, 0.1) is 13.8 Å². The second-order valence-corrected chi connectivity index (χ2v) is 9.00. The predicted octanol–water partition coefficient (Wildman–Crippen LogP) is 5.21. The van der Waals surface area contributed by atoms with Crippen LogP contribution < -0.4 is 4.74 Å². The summed E-state index contributed by atoms with van der Waals surface area (Å²) in [4.78, 5) is 9.26. The smallest absolute Gasteiger partial charge is 0.234 e. The zero-order valence-electron chi connectivity index (χ0n) is 19.5. The number of fused-ring (bicyclic) bond motifs is 1. The minimum absolute atomic E-state index is 0.638. The second-order valence-electron chi connectivity index (χ2n) is 8.05. The molecule has 0 aliphatic carbocycles. The Hall–Kier alpha value is -3.65. The monoisotopic (exact) mass is 470 g/mol. The number of aryl methyl sites for hydroxylation is 2. The Morgan fingerprint density at radius 1 is 0.941 bits per heavy atom. The van der Waals surface area contributed by atoms with Gasteiger partial charge in [0.1, 0.15) is 11.6 Å². The van der Waals surface area contributed by atoms with Crippen LogP contribution in [0.4, 0.5) is 0 Å². The quantitative estimate of drug-likeness (QED) is 0.290. The molecule has 0 atom stereocenters. The van der Waals surface area contributed by atoms with E-state index in [2.05, 4.69) is 44.9 Å². The molecule has 0 unspecified atom stereocenters. The lowest BCUT2D eigenvalue weighted by Gasteiger charge is -2.11. The molecule has 0 N–H and O–H groups in total. The van der Waals surface area contributed by atoms with Gasteiger partial charge in [0.2, 0.25) is 5.78 Å². The maximum absolute atomic E-state index is 5.62. The summed E-state index contributed by atoms with van der Waals surface area (Å²) in [6, 6.07) is 20.5. The van der Waals surface area contributed by atoms with E-state index in [1.807, 2.05) is 66.9 Å². The van der Waals surface area contributed by atoms with Gasteiger partial charge in [0.25, 0.3) is 0 Å². The molecule has 0 aliphatic heterocycles. The van der Waals surface area contributed by atoms with Crippen molar-refractivity contribution in [1.29, 1.82) is 0 Å². The number of imidazole rings is 1. The fourth-order valence-electron chi connectivity index (χ4n) is 3.93. The molecule has 2 aromatic carbocycles. The summed E-state index contributed by atoms with van der Waals surface area (Å²) in [5.41, 5.74) is 5.24. The van der Waals surface area contributed by atoms with Gasteiger partial charge in [-0.2, -0.15) is 0 Å². The molecule has 0 aliphatic rings. The van der Waals surface area contributed by atoms with Crippen LogP contribution in [-0.2, 0) is 12.2 Å². The number of nitrogens with zero attached hydrogens (tertiary/aromatic N) is 6. The van der Waals surface area contributed by atoms with Gasteiger partial charge in [0.15, 0.2) is 5.16 Å². The second kappa shape index (κ2) is 9.69. The molecule has 0 spiro atoms. The molecule has 172 valence electrons. The van der Waals surface area contributed by atoms with Gasteiger partial charge in [0, 0.05) is 35.4 Å².